The highest BCUT2D eigenvalue weighted by atomic mass is 16.5. The quantitative estimate of drug-likeness (QED) is 0.359. The number of carbonyl (C=O) groups excluding carboxylic acids is 2. The van der Waals surface area contributed by atoms with Gasteiger partial charge in [-0.3, -0.25) is 14.5 Å². The summed E-state index contributed by atoms with van der Waals surface area (Å²) in [5, 5.41) is 0. The minimum absolute atomic E-state index is 0.0875. The van der Waals surface area contributed by atoms with Crippen molar-refractivity contribution in [2.24, 2.45) is 0 Å². The lowest BCUT2D eigenvalue weighted by molar-refractivity contribution is -0.138. The van der Waals surface area contributed by atoms with E-state index in [1.54, 1.807) is 19.1 Å². The minimum atomic E-state index is -0.608. The first-order chi connectivity index (χ1) is 18.3. The molecule has 4 rings (SSSR count). The summed E-state index contributed by atoms with van der Waals surface area (Å²) in [6.07, 6.45) is 2.56. The summed E-state index contributed by atoms with van der Waals surface area (Å²) in [7, 11) is 7.75. The third kappa shape index (κ3) is 4.75. The molecule has 3 unspecified atom stereocenters. The highest BCUT2D eigenvalue weighted by Gasteiger charge is 2.46. The number of Topliss-reactive ketones (excluding diaryl/α,β-unsaturated/α-hetero) is 1. The zero-order valence-electron chi connectivity index (χ0n) is 23.3. The lowest BCUT2D eigenvalue weighted by Crippen LogP contribution is -2.63. The number of carbonyl (C=O) groups is 2. The number of rotatable bonds is 9. The van der Waals surface area contributed by atoms with E-state index in [0.717, 1.165) is 48.4 Å². The van der Waals surface area contributed by atoms with Gasteiger partial charge in [0.05, 0.1) is 41.6 Å². The monoisotopic (exact) mass is 526 g/mol. The highest BCUT2D eigenvalue weighted by Crippen LogP contribution is 2.45. The standard InChI is InChI=1S/C29H38N2O7/c1-8-9-20-16-30-11-10-18-12-21(34-3)15-22(35-4)25(18)26(30)17(2)31(20)29(33)27(32)19-13-23(36-5)28(38-7)24(14-19)37-6/h12-15,17,20,26H,8-11,16H2,1-7H3. The van der Waals surface area contributed by atoms with Gasteiger partial charge in [0.15, 0.2) is 11.5 Å². The summed E-state index contributed by atoms with van der Waals surface area (Å²) in [5.41, 5.74) is 2.40. The van der Waals surface area contributed by atoms with Crippen LogP contribution in [0.15, 0.2) is 24.3 Å². The molecule has 2 aromatic rings. The number of methoxy groups -OCH3 is 5. The number of fused-ring (bicyclic) bond motifs is 3. The van der Waals surface area contributed by atoms with Gasteiger partial charge in [0.25, 0.3) is 11.7 Å². The fourth-order valence-corrected chi connectivity index (χ4v) is 6.03. The zero-order valence-corrected chi connectivity index (χ0v) is 23.3. The van der Waals surface area contributed by atoms with Crippen molar-refractivity contribution >= 4 is 11.7 Å². The number of piperazine rings is 1. The fourth-order valence-electron chi connectivity index (χ4n) is 6.03. The third-order valence-corrected chi connectivity index (χ3v) is 7.73. The van der Waals surface area contributed by atoms with Crippen molar-refractivity contribution in [3.63, 3.8) is 0 Å². The highest BCUT2D eigenvalue weighted by molar-refractivity contribution is 6.43. The molecule has 2 aliphatic heterocycles. The van der Waals surface area contributed by atoms with Gasteiger partial charge < -0.3 is 28.6 Å². The molecule has 0 aromatic heterocycles. The van der Waals surface area contributed by atoms with Gasteiger partial charge in [-0.25, -0.2) is 0 Å². The first-order valence-electron chi connectivity index (χ1n) is 13.0. The number of nitrogens with zero attached hydrogens (tertiary/aromatic N) is 2. The number of hydrogen-bond donors (Lipinski definition) is 0. The molecule has 0 radical (unpaired) electrons. The lowest BCUT2D eigenvalue weighted by atomic mass is 9.83. The maximum Gasteiger partial charge on any atom is 0.295 e. The second-order valence-electron chi connectivity index (χ2n) is 9.73. The van der Waals surface area contributed by atoms with E-state index >= 15 is 0 Å². The molecule has 0 aliphatic carbocycles. The Hall–Kier alpha value is -3.46. The molecule has 0 saturated carbocycles. The van der Waals surface area contributed by atoms with E-state index in [2.05, 4.69) is 11.8 Å². The molecule has 0 bridgehead atoms. The summed E-state index contributed by atoms with van der Waals surface area (Å²) in [6, 6.07) is 6.54. The van der Waals surface area contributed by atoms with E-state index in [0.29, 0.717) is 23.8 Å². The molecule has 2 heterocycles. The summed E-state index contributed by atoms with van der Waals surface area (Å²) < 4.78 is 27.5. The van der Waals surface area contributed by atoms with Crippen LogP contribution in [0.1, 0.15) is 54.2 Å². The van der Waals surface area contributed by atoms with E-state index in [-0.39, 0.29) is 23.7 Å². The Balaban J connectivity index is 1.75. The number of benzene rings is 2. The van der Waals surface area contributed by atoms with E-state index < -0.39 is 11.7 Å². The summed E-state index contributed by atoms with van der Waals surface area (Å²) in [5.74, 6) is 1.35. The van der Waals surface area contributed by atoms with Crippen LogP contribution in [0.2, 0.25) is 0 Å². The van der Waals surface area contributed by atoms with E-state index in [9.17, 15) is 9.59 Å². The molecule has 1 fully saturated rings. The van der Waals surface area contributed by atoms with Crippen molar-refractivity contribution in [3.8, 4) is 28.7 Å². The van der Waals surface area contributed by atoms with Gasteiger partial charge in [0, 0.05) is 42.4 Å². The van der Waals surface area contributed by atoms with Gasteiger partial charge in [-0.2, -0.15) is 0 Å². The number of ether oxygens (including phenoxy) is 5. The van der Waals surface area contributed by atoms with E-state index in [1.165, 1.54) is 33.5 Å². The van der Waals surface area contributed by atoms with Crippen molar-refractivity contribution < 1.29 is 33.3 Å². The van der Waals surface area contributed by atoms with Crippen molar-refractivity contribution in [1.82, 2.24) is 9.80 Å². The van der Waals surface area contributed by atoms with E-state index in [4.69, 9.17) is 23.7 Å². The normalized spacial score (nSPS) is 20.7. The van der Waals surface area contributed by atoms with Crippen LogP contribution in [0.25, 0.3) is 0 Å². The Morgan fingerprint density at radius 1 is 0.895 bits per heavy atom. The maximum absolute atomic E-state index is 14.0. The molecule has 2 aliphatic rings. The van der Waals surface area contributed by atoms with Crippen LogP contribution in [0.5, 0.6) is 28.7 Å². The van der Waals surface area contributed by atoms with Gasteiger partial charge in [-0.15, -0.1) is 0 Å². The van der Waals surface area contributed by atoms with Crippen LogP contribution in [-0.4, -0.2) is 82.2 Å². The second kappa shape index (κ2) is 11.5. The Morgan fingerprint density at radius 3 is 2.11 bits per heavy atom. The molecule has 3 atom stereocenters. The smallest absolute Gasteiger partial charge is 0.295 e. The number of ketones is 1. The van der Waals surface area contributed by atoms with Crippen molar-refractivity contribution in [3.05, 3.63) is 41.0 Å². The van der Waals surface area contributed by atoms with Crippen LogP contribution in [0.3, 0.4) is 0 Å². The maximum atomic E-state index is 14.0. The summed E-state index contributed by atoms with van der Waals surface area (Å²) in [6.45, 7) is 5.67. The Bertz CT molecular complexity index is 1160. The first kappa shape index (κ1) is 27.6. The van der Waals surface area contributed by atoms with Crippen LogP contribution in [0, 0.1) is 0 Å². The molecule has 9 heteroatoms. The SMILES string of the molecule is CCCC1CN2CCc3cc(OC)cc(OC)c3C2C(C)N1C(=O)C(=O)c1cc(OC)c(OC)c(OC)c1. The Morgan fingerprint density at radius 2 is 1.55 bits per heavy atom. The minimum Gasteiger partial charge on any atom is -0.497 e. The molecule has 9 nitrogen and oxygen atoms in total. The van der Waals surface area contributed by atoms with Crippen LogP contribution in [0.4, 0.5) is 0 Å². The Labute approximate surface area is 224 Å². The first-order valence-corrected chi connectivity index (χ1v) is 13.0. The molecule has 206 valence electrons. The van der Waals surface area contributed by atoms with Gasteiger partial charge in [0.2, 0.25) is 5.75 Å². The molecular weight excluding hydrogens is 488 g/mol. The molecule has 38 heavy (non-hydrogen) atoms. The van der Waals surface area contributed by atoms with Crippen LogP contribution >= 0.6 is 0 Å². The van der Waals surface area contributed by atoms with Crippen molar-refractivity contribution in [2.45, 2.75) is 51.2 Å². The van der Waals surface area contributed by atoms with Crippen LogP contribution in [-0.2, 0) is 11.2 Å². The van der Waals surface area contributed by atoms with Gasteiger partial charge >= 0.3 is 0 Å². The largest absolute Gasteiger partial charge is 0.497 e. The van der Waals surface area contributed by atoms with Crippen molar-refractivity contribution in [1.29, 1.82) is 0 Å². The van der Waals surface area contributed by atoms with E-state index in [1.807, 2.05) is 19.1 Å². The Kier molecular flexibility index (Phi) is 8.35. The predicted molar refractivity (Wildman–Crippen MR) is 143 cm³/mol. The average molecular weight is 527 g/mol. The second-order valence-corrected chi connectivity index (χ2v) is 9.73. The molecule has 2 aromatic carbocycles. The summed E-state index contributed by atoms with van der Waals surface area (Å²) >= 11 is 0. The summed E-state index contributed by atoms with van der Waals surface area (Å²) in [4.78, 5) is 31.9. The van der Waals surface area contributed by atoms with Gasteiger partial charge in [-0.05, 0) is 43.5 Å². The van der Waals surface area contributed by atoms with Crippen molar-refractivity contribution in [2.75, 3.05) is 48.6 Å². The lowest BCUT2D eigenvalue weighted by Gasteiger charge is -2.53. The topological polar surface area (TPSA) is 86.8 Å². The number of amides is 1. The van der Waals surface area contributed by atoms with Crippen LogP contribution < -0.4 is 23.7 Å². The molecule has 1 amide bonds. The molecular formula is C29H38N2O7. The fraction of sp³-hybridized carbons (Fsp3) is 0.517. The molecule has 1 saturated heterocycles. The number of hydrogen-bond acceptors (Lipinski definition) is 8. The third-order valence-electron chi connectivity index (χ3n) is 7.73. The predicted octanol–water partition coefficient (Wildman–Crippen LogP) is 3.91. The average Bonchev–Trinajstić information content (AvgIpc) is 2.94. The molecule has 0 spiro atoms. The van der Waals surface area contributed by atoms with Gasteiger partial charge in [-0.1, -0.05) is 13.3 Å². The zero-order chi connectivity index (χ0) is 27.6. The van der Waals surface area contributed by atoms with Gasteiger partial charge in [0.1, 0.15) is 11.5 Å². The molecule has 0 N–H and O–H groups in total.